The molecular formula is C22H22N4O3S3. The summed E-state index contributed by atoms with van der Waals surface area (Å²) >= 11 is 3.02. The van der Waals surface area contributed by atoms with Crippen LogP contribution in [0.1, 0.15) is 35.1 Å². The van der Waals surface area contributed by atoms with Gasteiger partial charge in [0.15, 0.2) is 5.13 Å². The lowest BCUT2D eigenvalue weighted by molar-refractivity contribution is 0.102. The van der Waals surface area contributed by atoms with E-state index in [0.29, 0.717) is 29.7 Å². The maximum Gasteiger partial charge on any atom is 0.257 e. The Morgan fingerprint density at radius 2 is 1.78 bits per heavy atom. The number of carbonyl (C=O) groups is 1. The Kier molecular flexibility index (Phi) is 5.48. The molecule has 1 aliphatic heterocycles. The van der Waals surface area contributed by atoms with Gasteiger partial charge in [-0.1, -0.05) is 18.3 Å². The number of thiazole rings is 2. The van der Waals surface area contributed by atoms with Crippen molar-refractivity contribution in [3.05, 3.63) is 47.0 Å². The number of nitrogens with zero attached hydrogens (tertiary/aromatic N) is 3. The van der Waals surface area contributed by atoms with Crippen molar-refractivity contribution >= 4 is 64.2 Å². The van der Waals surface area contributed by atoms with E-state index in [1.54, 1.807) is 23.5 Å². The summed E-state index contributed by atoms with van der Waals surface area (Å²) in [5.41, 5.74) is 2.08. The Hall–Kier alpha value is -2.40. The van der Waals surface area contributed by atoms with Crippen molar-refractivity contribution in [2.45, 2.75) is 31.6 Å². The van der Waals surface area contributed by atoms with Crippen LogP contribution in [0.25, 0.3) is 20.4 Å². The van der Waals surface area contributed by atoms with Gasteiger partial charge in [0.25, 0.3) is 5.91 Å². The van der Waals surface area contributed by atoms with E-state index in [9.17, 15) is 13.2 Å². The Labute approximate surface area is 194 Å². The first-order valence-electron chi connectivity index (χ1n) is 10.4. The molecule has 0 aliphatic carbocycles. The number of aromatic nitrogens is 2. The van der Waals surface area contributed by atoms with Crippen molar-refractivity contribution in [2.75, 3.05) is 18.4 Å². The fourth-order valence-electron chi connectivity index (χ4n) is 3.86. The van der Waals surface area contributed by atoms with Crippen LogP contribution in [0.4, 0.5) is 5.13 Å². The molecule has 0 spiro atoms. The molecule has 1 saturated heterocycles. The van der Waals surface area contributed by atoms with Gasteiger partial charge < -0.3 is 0 Å². The fourth-order valence-corrected chi connectivity index (χ4v) is 7.18. The monoisotopic (exact) mass is 486 g/mol. The summed E-state index contributed by atoms with van der Waals surface area (Å²) < 4.78 is 29.3. The third-order valence-electron chi connectivity index (χ3n) is 5.74. The SMILES string of the molecule is Cc1nc2c(ccc3nc(NC(=O)c4ccc(S(=O)(=O)N5CCC(C)CC5)cc4)sc32)s1. The molecule has 0 radical (unpaired) electrons. The van der Waals surface area contributed by atoms with Crippen molar-refractivity contribution in [1.29, 1.82) is 0 Å². The number of nitrogens with one attached hydrogen (secondary N) is 1. The third kappa shape index (κ3) is 3.92. The van der Waals surface area contributed by atoms with E-state index in [2.05, 4.69) is 22.2 Å². The first kappa shape index (κ1) is 21.4. The van der Waals surface area contributed by atoms with Crippen LogP contribution in [0.2, 0.25) is 0 Å². The molecule has 0 atom stereocenters. The van der Waals surface area contributed by atoms with Gasteiger partial charge in [-0.15, -0.1) is 11.3 Å². The number of piperidine rings is 1. The lowest BCUT2D eigenvalue weighted by Crippen LogP contribution is -2.37. The second-order valence-corrected chi connectivity index (χ2v) is 12.2. The summed E-state index contributed by atoms with van der Waals surface area (Å²) in [5, 5.41) is 4.30. The highest BCUT2D eigenvalue weighted by Crippen LogP contribution is 2.35. The Morgan fingerprint density at radius 1 is 1.06 bits per heavy atom. The Bertz CT molecular complexity index is 1420. The molecule has 2 aromatic heterocycles. The van der Waals surface area contributed by atoms with E-state index >= 15 is 0 Å². The van der Waals surface area contributed by atoms with Gasteiger partial charge in [0.2, 0.25) is 10.0 Å². The fraction of sp³-hybridized carbons (Fsp3) is 0.318. The number of sulfonamides is 1. The lowest BCUT2D eigenvalue weighted by atomic mass is 10.0. The molecule has 1 fully saturated rings. The summed E-state index contributed by atoms with van der Waals surface area (Å²) in [6, 6.07) is 10.0. The van der Waals surface area contributed by atoms with Gasteiger partial charge in [0.05, 0.1) is 24.8 Å². The van der Waals surface area contributed by atoms with Crippen molar-refractivity contribution < 1.29 is 13.2 Å². The Morgan fingerprint density at radius 3 is 2.50 bits per heavy atom. The highest BCUT2D eigenvalue weighted by Gasteiger charge is 2.28. The number of anilines is 1. The predicted octanol–water partition coefficient (Wildman–Crippen LogP) is 4.89. The van der Waals surface area contributed by atoms with E-state index in [1.807, 2.05) is 19.1 Å². The number of rotatable bonds is 4. The molecule has 7 nitrogen and oxygen atoms in total. The van der Waals surface area contributed by atoms with E-state index in [-0.39, 0.29) is 10.8 Å². The highest BCUT2D eigenvalue weighted by molar-refractivity contribution is 7.89. The number of aryl methyl sites for hydroxylation is 1. The average molecular weight is 487 g/mol. The Balaban J connectivity index is 1.34. The smallest absolute Gasteiger partial charge is 0.257 e. The van der Waals surface area contributed by atoms with Crippen molar-refractivity contribution in [3.8, 4) is 0 Å². The van der Waals surface area contributed by atoms with Gasteiger partial charge in [-0.05, 0) is 62.1 Å². The van der Waals surface area contributed by atoms with Crippen LogP contribution in [0, 0.1) is 12.8 Å². The molecule has 3 heterocycles. The number of fused-ring (bicyclic) bond motifs is 3. The molecule has 0 bridgehead atoms. The molecule has 166 valence electrons. The van der Waals surface area contributed by atoms with E-state index in [0.717, 1.165) is 38.3 Å². The molecule has 4 aromatic rings. The second kappa shape index (κ2) is 8.18. The zero-order valence-electron chi connectivity index (χ0n) is 17.7. The first-order chi connectivity index (χ1) is 15.3. The molecule has 10 heteroatoms. The van der Waals surface area contributed by atoms with Crippen molar-refractivity contribution in [2.24, 2.45) is 5.92 Å². The first-order valence-corrected chi connectivity index (χ1v) is 13.5. The van der Waals surface area contributed by atoms with Gasteiger partial charge >= 0.3 is 0 Å². The summed E-state index contributed by atoms with van der Waals surface area (Å²) in [6.07, 6.45) is 1.74. The molecule has 1 aliphatic rings. The maximum atomic E-state index is 12.9. The number of benzene rings is 2. The van der Waals surface area contributed by atoms with Gasteiger partial charge in [0, 0.05) is 18.7 Å². The minimum Gasteiger partial charge on any atom is -0.298 e. The van der Waals surface area contributed by atoms with Crippen LogP contribution in [0.5, 0.6) is 0 Å². The third-order valence-corrected chi connectivity index (χ3v) is 9.58. The minimum absolute atomic E-state index is 0.213. The van der Waals surface area contributed by atoms with E-state index in [4.69, 9.17) is 0 Å². The topological polar surface area (TPSA) is 92.3 Å². The largest absolute Gasteiger partial charge is 0.298 e. The molecule has 0 unspecified atom stereocenters. The van der Waals surface area contributed by atoms with Crippen LogP contribution in [0.15, 0.2) is 41.3 Å². The van der Waals surface area contributed by atoms with Gasteiger partial charge in [-0.25, -0.2) is 18.4 Å². The summed E-state index contributed by atoms with van der Waals surface area (Å²) in [5.74, 6) is 0.219. The van der Waals surface area contributed by atoms with Gasteiger partial charge in [-0.3, -0.25) is 10.1 Å². The van der Waals surface area contributed by atoms with Gasteiger partial charge in [-0.2, -0.15) is 4.31 Å². The second-order valence-electron chi connectivity index (χ2n) is 8.08. The number of amides is 1. The van der Waals surface area contributed by atoms with Gasteiger partial charge in [0.1, 0.15) is 5.52 Å². The molecule has 2 aromatic carbocycles. The quantitative estimate of drug-likeness (QED) is 0.443. The van der Waals surface area contributed by atoms with E-state index < -0.39 is 10.0 Å². The van der Waals surface area contributed by atoms with E-state index in [1.165, 1.54) is 27.8 Å². The van der Waals surface area contributed by atoms with Crippen LogP contribution in [-0.2, 0) is 10.0 Å². The summed E-state index contributed by atoms with van der Waals surface area (Å²) in [6.45, 7) is 5.18. The maximum absolute atomic E-state index is 12.9. The van der Waals surface area contributed by atoms with Crippen molar-refractivity contribution in [1.82, 2.24) is 14.3 Å². The normalized spacial score (nSPS) is 16.1. The van der Waals surface area contributed by atoms with Crippen molar-refractivity contribution in [3.63, 3.8) is 0 Å². The molecule has 1 N–H and O–H groups in total. The molecule has 0 saturated carbocycles. The summed E-state index contributed by atoms with van der Waals surface area (Å²) in [4.78, 5) is 22.0. The molecule has 1 amide bonds. The van der Waals surface area contributed by atoms with Crippen LogP contribution >= 0.6 is 22.7 Å². The highest BCUT2D eigenvalue weighted by atomic mass is 32.2. The number of carbonyl (C=O) groups excluding carboxylic acids is 1. The summed E-state index contributed by atoms with van der Waals surface area (Å²) in [7, 11) is -3.54. The lowest BCUT2D eigenvalue weighted by Gasteiger charge is -2.29. The predicted molar refractivity (Wildman–Crippen MR) is 129 cm³/mol. The number of hydrogen-bond donors (Lipinski definition) is 1. The zero-order valence-corrected chi connectivity index (χ0v) is 20.1. The van der Waals surface area contributed by atoms with Crippen LogP contribution in [0.3, 0.4) is 0 Å². The minimum atomic E-state index is -3.54. The standard InChI is InChI=1S/C22H22N4O3S3/c1-13-9-11-26(12-10-13)32(28,29)16-5-3-15(4-6-16)21(27)25-22-24-17-7-8-18-19(20(17)31-22)23-14(2)30-18/h3-8,13H,9-12H2,1-2H3,(H,24,25,27). The average Bonchev–Trinajstić information content (AvgIpc) is 3.36. The molecule has 5 rings (SSSR count). The number of hydrogen-bond acceptors (Lipinski definition) is 7. The van der Waals surface area contributed by atoms with Crippen LogP contribution in [-0.4, -0.2) is 41.7 Å². The van der Waals surface area contributed by atoms with Crippen LogP contribution < -0.4 is 5.32 Å². The molecular weight excluding hydrogens is 464 g/mol. The zero-order chi connectivity index (χ0) is 22.5. The molecule has 32 heavy (non-hydrogen) atoms.